The number of hydrogen-bond donors (Lipinski definition) is 1. The first-order valence-corrected chi connectivity index (χ1v) is 5.89. The molecule has 19 heavy (non-hydrogen) atoms. The monoisotopic (exact) mass is 275 g/mol. The van der Waals surface area contributed by atoms with Gasteiger partial charge in [0.2, 0.25) is 0 Å². The molecule has 2 aromatic carbocycles. The largest absolute Gasteiger partial charge is 0.397 e. The molecule has 0 aliphatic heterocycles. The van der Waals surface area contributed by atoms with Crippen LogP contribution in [0.15, 0.2) is 36.4 Å². The van der Waals surface area contributed by atoms with Crippen LogP contribution in [0.2, 0.25) is 5.02 Å². The summed E-state index contributed by atoms with van der Waals surface area (Å²) < 4.78 is 13.5. The number of nitrogens with zero attached hydrogens (tertiary/aromatic N) is 2. The van der Waals surface area contributed by atoms with Crippen molar-refractivity contribution >= 4 is 28.7 Å². The summed E-state index contributed by atoms with van der Waals surface area (Å²) in [5.74, 6) is -0.533. The minimum Gasteiger partial charge on any atom is -0.397 e. The van der Waals surface area contributed by atoms with Crippen molar-refractivity contribution in [3.05, 3.63) is 52.8 Å². The Labute approximate surface area is 115 Å². The van der Waals surface area contributed by atoms with Gasteiger partial charge in [0.25, 0.3) is 0 Å². The quantitative estimate of drug-likeness (QED) is 0.850. The fraction of sp³-hybridized carbons (Fsp3) is 0.0714. The number of rotatable bonds is 2. The summed E-state index contributed by atoms with van der Waals surface area (Å²) in [5.41, 5.74) is 7.98. The van der Waals surface area contributed by atoms with E-state index in [-0.39, 0.29) is 5.02 Å². The van der Waals surface area contributed by atoms with Crippen LogP contribution < -0.4 is 10.6 Å². The molecule has 96 valence electrons. The van der Waals surface area contributed by atoms with Crippen LogP contribution in [-0.4, -0.2) is 7.05 Å². The first-order valence-electron chi connectivity index (χ1n) is 5.51. The average molecular weight is 276 g/mol. The Kier molecular flexibility index (Phi) is 3.59. The van der Waals surface area contributed by atoms with E-state index in [1.54, 1.807) is 30.1 Å². The molecule has 0 saturated carbocycles. The summed E-state index contributed by atoms with van der Waals surface area (Å²) in [6.07, 6.45) is 0. The maximum atomic E-state index is 13.5. The molecule has 0 fully saturated rings. The zero-order chi connectivity index (χ0) is 14.0. The van der Waals surface area contributed by atoms with Gasteiger partial charge in [0.05, 0.1) is 28.0 Å². The molecule has 3 nitrogen and oxygen atoms in total. The highest BCUT2D eigenvalue weighted by atomic mass is 35.5. The first-order chi connectivity index (χ1) is 9.02. The Morgan fingerprint density at radius 2 is 2.05 bits per heavy atom. The van der Waals surface area contributed by atoms with Gasteiger partial charge in [-0.05, 0) is 24.3 Å². The van der Waals surface area contributed by atoms with E-state index in [1.807, 2.05) is 6.07 Å². The molecule has 0 amide bonds. The molecule has 0 aliphatic rings. The fourth-order valence-electron chi connectivity index (χ4n) is 1.77. The Balaban J connectivity index is 2.47. The lowest BCUT2D eigenvalue weighted by molar-refractivity contribution is 0.628. The molecule has 0 aromatic heterocycles. The van der Waals surface area contributed by atoms with Gasteiger partial charge in [-0.2, -0.15) is 5.26 Å². The van der Waals surface area contributed by atoms with Crippen molar-refractivity contribution in [3.8, 4) is 6.07 Å². The lowest BCUT2D eigenvalue weighted by atomic mass is 10.2. The molecule has 0 radical (unpaired) electrons. The van der Waals surface area contributed by atoms with Crippen molar-refractivity contribution in [3.63, 3.8) is 0 Å². The summed E-state index contributed by atoms with van der Waals surface area (Å²) in [4.78, 5) is 1.70. The van der Waals surface area contributed by atoms with Gasteiger partial charge in [0.1, 0.15) is 5.82 Å². The molecule has 2 N–H and O–H groups in total. The van der Waals surface area contributed by atoms with Crippen LogP contribution in [0.1, 0.15) is 5.56 Å². The Bertz CT molecular complexity index is 664. The van der Waals surface area contributed by atoms with Crippen molar-refractivity contribution in [1.29, 1.82) is 5.26 Å². The topological polar surface area (TPSA) is 53.0 Å². The van der Waals surface area contributed by atoms with Crippen LogP contribution >= 0.6 is 11.6 Å². The van der Waals surface area contributed by atoms with E-state index in [9.17, 15) is 4.39 Å². The van der Waals surface area contributed by atoms with Crippen LogP contribution in [0.4, 0.5) is 21.5 Å². The molecule has 2 aromatic rings. The maximum absolute atomic E-state index is 13.5. The first kappa shape index (κ1) is 13.2. The van der Waals surface area contributed by atoms with Gasteiger partial charge < -0.3 is 10.6 Å². The van der Waals surface area contributed by atoms with Gasteiger partial charge in [-0.1, -0.05) is 17.7 Å². The van der Waals surface area contributed by atoms with E-state index in [0.717, 1.165) is 5.69 Å². The van der Waals surface area contributed by atoms with Gasteiger partial charge >= 0.3 is 0 Å². The third-order valence-corrected chi connectivity index (χ3v) is 3.08. The number of anilines is 3. The van der Waals surface area contributed by atoms with E-state index >= 15 is 0 Å². The Hall–Kier alpha value is -2.25. The average Bonchev–Trinajstić information content (AvgIpc) is 2.42. The number of nitrogens with two attached hydrogens (primary N) is 1. The summed E-state index contributed by atoms with van der Waals surface area (Å²) in [7, 11) is 1.75. The molecule has 2 rings (SSSR count). The standard InChI is InChI=1S/C14H11ClFN3/c1-19(10-4-2-3-9(5-10)8-17)14-7-12(16)11(15)6-13(14)18/h2-7H,18H2,1H3. The highest BCUT2D eigenvalue weighted by Crippen LogP contribution is 2.32. The number of benzene rings is 2. The molecule has 0 atom stereocenters. The molecular weight excluding hydrogens is 265 g/mol. The summed E-state index contributed by atoms with van der Waals surface area (Å²) in [6, 6.07) is 11.7. The van der Waals surface area contributed by atoms with Crippen molar-refractivity contribution in [2.75, 3.05) is 17.7 Å². The van der Waals surface area contributed by atoms with Gasteiger partial charge in [0.15, 0.2) is 0 Å². The van der Waals surface area contributed by atoms with E-state index in [4.69, 9.17) is 22.6 Å². The number of hydrogen-bond acceptors (Lipinski definition) is 3. The lowest BCUT2D eigenvalue weighted by Gasteiger charge is -2.21. The number of nitriles is 1. The molecule has 5 heteroatoms. The third-order valence-electron chi connectivity index (χ3n) is 2.79. The Morgan fingerprint density at radius 1 is 1.32 bits per heavy atom. The SMILES string of the molecule is CN(c1cccc(C#N)c1)c1cc(F)c(Cl)cc1N. The second-order valence-corrected chi connectivity index (χ2v) is 4.45. The zero-order valence-electron chi connectivity index (χ0n) is 10.2. The normalized spacial score (nSPS) is 10.0. The highest BCUT2D eigenvalue weighted by molar-refractivity contribution is 6.31. The minimum atomic E-state index is -0.533. The smallest absolute Gasteiger partial charge is 0.144 e. The molecule has 0 aliphatic carbocycles. The van der Waals surface area contributed by atoms with Crippen molar-refractivity contribution in [2.24, 2.45) is 0 Å². The zero-order valence-corrected chi connectivity index (χ0v) is 10.9. The molecular formula is C14H11ClFN3. The van der Waals surface area contributed by atoms with Crippen molar-refractivity contribution < 1.29 is 4.39 Å². The fourth-order valence-corrected chi connectivity index (χ4v) is 1.94. The molecule has 0 heterocycles. The van der Waals surface area contributed by atoms with Crippen molar-refractivity contribution in [2.45, 2.75) is 0 Å². The van der Waals surface area contributed by atoms with E-state index < -0.39 is 5.82 Å². The summed E-state index contributed by atoms with van der Waals surface area (Å²) >= 11 is 5.67. The highest BCUT2D eigenvalue weighted by Gasteiger charge is 2.12. The molecule has 0 unspecified atom stereocenters. The summed E-state index contributed by atoms with van der Waals surface area (Å²) in [6.45, 7) is 0. The van der Waals surface area contributed by atoms with Crippen LogP contribution in [0.5, 0.6) is 0 Å². The van der Waals surface area contributed by atoms with E-state index in [2.05, 4.69) is 6.07 Å². The van der Waals surface area contributed by atoms with E-state index in [0.29, 0.717) is 16.9 Å². The van der Waals surface area contributed by atoms with Crippen molar-refractivity contribution in [1.82, 2.24) is 0 Å². The van der Waals surface area contributed by atoms with E-state index in [1.165, 1.54) is 12.1 Å². The van der Waals surface area contributed by atoms with Crippen LogP contribution in [0, 0.1) is 17.1 Å². The molecule has 0 bridgehead atoms. The second kappa shape index (κ2) is 5.17. The third kappa shape index (κ3) is 2.61. The van der Waals surface area contributed by atoms with Gasteiger partial charge in [-0.15, -0.1) is 0 Å². The van der Waals surface area contributed by atoms with Gasteiger partial charge in [0, 0.05) is 18.8 Å². The summed E-state index contributed by atoms with van der Waals surface area (Å²) in [5, 5.41) is 8.87. The number of halogens is 2. The van der Waals surface area contributed by atoms with Gasteiger partial charge in [-0.25, -0.2) is 4.39 Å². The van der Waals surface area contributed by atoms with Crippen LogP contribution in [-0.2, 0) is 0 Å². The molecule has 0 saturated heterocycles. The molecule has 0 spiro atoms. The van der Waals surface area contributed by atoms with Crippen LogP contribution in [0.25, 0.3) is 0 Å². The number of nitrogen functional groups attached to an aromatic ring is 1. The van der Waals surface area contributed by atoms with Gasteiger partial charge in [-0.3, -0.25) is 0 Å². The second-order valence-electron chi connectivity index (χ2n) is 4.05. The lowest BCUT2D eigenvalue weighted by Crippen LogP contribution is -2.12. The minimum absolute atomic E-state index is 0.0135. The Morgan fingerprint density at radius 3 is 2.74 bits per heavy atom. The van der Waals surface area contributed by atoms with Crippen LogP contribution in [0.3, 0.4) is 0 Å². The predicted molar refractivity (Wildman–Crippen MR) is 75.0 cm³/mol. The predicted octanol–water partition coefficient (Wildman–Crippen LogP) is 3.70. The maximum Gasteiger partial charge on any atom is 0.144 e.